The first-order chi connectivity index (χ1) is 15.6. The van der Waals surface area contributed by atoms with Gasteiger partial charge in [-0.2, -0.15) is 0 Å². The highest BCUT2D eigenvalue weighted by Crippen LogP contribution is 2.76. The molecule has 0 aromatic heterocycles. The molecule has 34 heavy (non-hydrogen) atoms. The first-order valence-corrected chi connectivity index (χ1v) is 13.9. The standard InChI is InChI=1S/C30H46O4/c1-25(2)20-10-11-30(7)21(28(20,5)15-19(31)23(25)32)9-8-17-18-14-26(3)16-22(34-24(26)33)27(18,4)12-13-29(17,30)6/h8,18-23,31-32H,9-16H2,1-7H3. The molecule has 190 valence electrons. The number of rotatable bonds is 0. The number of hydrogen-bond acceptors (Lipinski definition) is 4. The van der Waals surface area contributed by atoms with Crippen LogP contribution in [0.15, 0.2) is 11.6 Å². The molecule has 4 saturated carbocycles. The Hall–Kier alpha value is -0.870. The fraction of sp³-hybridized carbons (Fsp3) is 0.900. The van der Waals surface area contributed by atoms with Crippen molar-refractivity contribution in [2.24, 2.45) is 50.2 Å². The zero-order chi connectivity index (χ0) is 24.7. The maximum absolute atomic E-state index is 12.8. The summed E-state index contributed by atoms with van der Waals surface area (Å²) in [5.41, 5.74) is 1.33. The molecule has 1 heterocycles. The molecule has 0 radical (unpaired) electrons. The lowest BCUT2D eigenvalue weighted by molar-refractivity contribution is -0.231. The molecule has 5 fully saturated rings. The fourth-order valence-electron chi connectivity index (χ4n) is 11.2. The van der Waals surface area contributed by atoms with E-state index in [1.165, 1.54) is 6.42 Å². The minimum Gasteiger partial charge on any atom is -0.461 e. The van der Waals surface area contributed by atoms with Gasteiger partial charge in [0.2, 0.25) is 0 Å². The summed E-state index contributed by atoms with van der Waals surface area (Å²) in [4.78, 5) is 12.8. The molecule has 0 amide bonds. The molecule has 0 aromatic carbocycles. The second kappa shape index (κ2) is 6.52. The van der Waals surface area contributed by atoms with E-state index in [4.69, 9.17) is 4.74 Å². The number of hydrogen-bond donors (Lipinski definition) is 2. The van der Waals surface area contributed by atoms with Crippen LogP contribution in [0, 0.1) is 50.2 Å². The molecule has 2 bridgehead atoms. The number of allylic oxidation sites excluding steroid dienone is 2. The predicted octanol–water partition coefficient (Wildman–Crippen LogP) is 5.66. The Morgan fingerprint density at radius 1 is 0.882 bits per heavy atom. The van der Waals surface area contributed by atoms with E-state index in [0.29, 0.717) is 24.2 Å². The van der Waals surface area contributed by atoms with Crippen molar-refractivity contribution in [1.82, 2.24) is 0 Å². The van der Waals surface area contributed by atoms with Gasteiger partial charge < -0.3 is 14.9 Å². The van der Waals surface area contributed by atoms with Crippen LogP contribution in [0.5, 0.6) is 0 Å². The second-order valence-corrected chi connectivity index (χ2v) is 15.3. The van der Waals surface area contributed by atoms with Crippen LogP contribution in [0.3, 0.4) is 0 Å². The van der Waals surface area contributed by atoms with Crippen molar-refractivity contribution in [2.75, 3.05) is 0 Å². The molecule has 6 aliphatic rings. The smallest absolute Gasteiger partial charge is 0.312 e. The van der Waals surface area contributed by atoms with Gasteiger partial charge in [0.05, 0.1) is 17.6 Å². The zero-order valence-corrected chi connectivity index (χ0v) is 22.4. The lowest BCUT2D eigenvalue weighted by Crippen LogP contribution is -2.67. The van der Waals surface area contributed by atoms with Gasteiger partial charge in [0, 0.05) is 11.8 Å². The Bertz CT molecular complexity index is 969. The lowest BCUT2D eigenvalue weighted by Gasteiger charge is -2.71. The van der Waals surface area contributed by atoms with Gasteiger partial charge in [-0.25, -0.2) is 0 Å². The van der Waals surface area contributed by atoms with Gasteiger partial charge in [-0.15, -0.1) is 0 Å². The van der Waals surface area contributed by atoms with Crippen molar-refractivity contribution in [1.29, 1.82) is 0 Å². The van der Waals surface area contributed by atoms with Crippen LogP contribution in [0.25, 0.3) is 0 Å². The topological polar surface area (TPSA) is 66.8 Å². The summed E-state index contributed by atoms with van der Waals surface area (Å²) in [7, 11) is 0. The number of esters is 1. The maximum atomic E-state index is 12.8. The van der Waals surface area contributed by atoms with E-state index >= 15 is 0 Å². The van der Waals surface area contributed by atoms with Crippen LogP contribution in [-0.2, 0) is 9.53 Å². The molecular weight excluding hydrogens is 424 g/mol. The van der Waals surface area contributed by atoms with Crippen LogP contribution in [0.1, 0.15) is 99.8 Å². The summed E-state index contributed by atoms with van der Waals surface area (Å²) in [6.45, 7) is 16.4. The van der Waals surface area contributed by atoms with E-state index < -0.39 is 12.2 Å². The first kappa shape index (κ1) is 23.5. The molecule has 11 unspecified atom stereocenters. The average molecular weight is 471 g/mol. The summed E-state index contributed by atoms with van der Waals surface area (Å²) in [5, 5.41) is 21.9. The van der Waals surface area contributed by atoms with Crippen molar-refractivity contribution in [3.05, 3.63) is 11.6 Å². The van der Waals surface area contributed by atoms with Gasteiger partial charge in [0.25, 0.3) is 0 Å². The van der Waals surface area contributed by atoms with Crippen molar-refractivity contribution < 1.29 is 19.7 Å². The van der Waals surface area contributed by atoms with Gasteiger partial charge in [-0.1, -0.05) is 53.2 Å². The Balaban J connectivity index is 1.44. The summed E-state index contributed by atoms with van der Waals surface area (Å²) in [6.07, 6.45) is 9.49. The van der Waals surface area contributed by atoms with E-state index in [0.717, 1.165) is 38.5 Å². The zero-order valence-electron chi connectivity index (χ0n) is 22.4. The highest BCUT2D eigenvalue weighted by Gasteiger charge is 2.71. The summed E-state index contributed by atoms with van der Waals surface area (Å²) < 4.78 is 6.02. The molecule has 0 aromatic rings. The molecule has 4 heteroatoms. The third-order valence-corrected chi connectivity index (χ3v) is 13.6. The van der Waals surface area contributed by atoms with Crippen LogP contribution in [0.2, 0.25) is 0 Å². The van der Waals surface area contributed by atoms with Crippen molar-refractivity contribution in [3.63, 3.8) is 0 Å². The molecule has 6 rings (SSSR count). The number of fused-ring (bicyclic) bond motifs is 10. The molecule has 5 aliphatic carbocycles. The van der Waals surface area contributed by atoms with Crippen LogP contribution in [0.4, 0.5) is 0 Å². The van der Waals surface area contributed by atoms with E-state index in [1.54, 1.807) is 5.57 Å². The highest BCUT2D eigenvalue weighted by atomic mass is 16.6. The Kier molecular flexibility index (Phi) is 4.51. The van der Waals surface area contributed by atoms with Crippen molar-refractivity contribution in [2.45, 2.75) is 118 Å². The van der Waals surface area contributed by atoms with E-state index in [9.17, 15) is 15.0 Å². The lowest BCUT2D eigenvalue weighted by atomic mass is 9.33. The SMILES string of the molecule is CC12CC(OC1=O)C1(C)CCC3(C)C(=CCC4C5(C)CC(O)C(O)C(C)(C)C5CCC43C)C1C2. The monoisotopic (exact) mass is 470 g/mol. The highest BCUT2D eigenvalue weighted by molar-refractivity contribution is 5.79. The van der Waals surface area contributed by atoms with Gasteiger partial charge in [-0.05, 0) is 91.3 Å². The van der Waals surface area contributed by atoms with Crippen molar-refractivity contribution >= 4 is 5.97 Å². The van der Waals surface area contributed by atoms with Gasteiger partial charge in [0.15, 0.2) is 0 Å². The Labute approximate surface area is 205 Å². The van der Waals surface area contributed by atoms with Crippen molar-refractivity contribution in [3.8, 4) is 0 Å². The molecular formula is C30H46O4. The van der Waals surface area contributed by atoms with E-state index in [-0.39, 0.29) is 44.6 Å². The van der Waals surface area contributed by atoms with Crippen LogP contribution in [-0.4, -0.2) is 34.5 Å². The van der Waals surface area contributed by atoms with Crippen LogP contribution >= 0.6 is 0 Å². The Morgan fingerprint density at radius 2 is 1.59 bits per heavy atom. The molecule has 1 saturated heterocycles. The normalized spacial score (nSPS) is 59.7. The van der Waals surface area contributed by atoms with E-state index in [1.807, 2.05) is 0 Å². The second-order valence-electron chi connectivity index (χ2n) is 15.3. The summed E-state index contributed by atoms with van der Waals surface area (Å²) in [6, 6.07) is 0. The van der Waals surface area contributed by atoms with Gasteiger partial charge in [0.1, 0.15) is 6.10 Å². The minimum absolute atomic E-state index is 0.0115. The maximum Gasteiger partial charge on any atom is 0.312 e. The first-order valence-electron chi connectivity index (χ1n) is 13.9. The number of carbonyl (C=O) groups is 1. The summed E-state index contributed by atoms with van der Waals surface area (Å²) in [5.74, 6) is 1.35. The quantitative estimate of drug-likeness (QED) is 0.354. The van der Waals surface area contributed by atoms with E-state index in [2.05, 4.69) is 54.5 Å². The molecule has 2 N–H and O–H groups in total. The van der Waals surface area contributed by atoms with Gasteiger partial charge in [-0.3, -0.25) is 4.79 Å². The average Bonchev–Trinajstić information content (AvgIpc) is 3.01. The molecule has 0 spiro atoms. The third kappa shape index (κ3) is 2.46. The minimum atomic E-state index is -0.650. The van der Waals surface area contributed by atoms with Crippen LogP contribution < -0.4 is 0 Å². The largest absolute Gasteiger partial charge is 0.461 e. The molecule has 1 aliphatic heterocycles. The number of carbonyl (C=O) groups excluding carboxylic acids is 1. The van der Waals surface area contributed by atoms with Gasteiger partial charge >= 0.3 is 5.97 Å². The third-order valence-electron chi connectivity index (χ3n) is 13.6. The molecule has 11 atom stereocenters. The predicted molar refractivity (Wildman–Crippen MR) is 132 cm³/mol. The summed E-state index contributed by atoms with van der Waals surface area (Å²) >= 11 is 0. The number of aliphatic hydroxyl groups excluding tert-OH is 2. The molecule has 4 nitrogen and oxygen atoms in total. The Morgan fingerprint density at radius 3 is 2.29 bits per heavy atom. The fourth-order valence-corrected chi connectivity index (χ4v) is 11.2. The number of aliphatic hydroxyl groups is 2. The number of ether oxygens (including phenoxy) is 1.